The lowest BCUT2D eigenvalue weighted by Crippen LogP contribution is -2.43. The molecule has 0 aromatic rings. The maximum Gasteiger partial charge on any atom is 0.233 e. The molecule has 2 unspecified atom stereocenters. The first-order chi connectivity index (χ1) is 8.01. The molecule has 17 heavy (non-hydrogen) atoms. The number of nitrogens with zero attached hydrogens (tertiary/aromatic N) is 2. The van der Waals surface area contributed by atoms with Crippen LogP contribution in [0.5, 0.6) is 0 Å². The Balaban J connectivity index is 2.73. The maximum absolute atomic E-state index is 12.2. The van der Waals surface area contributed by atoms with Crippen LogP contribution < -0.4 is 5.73 Å². The molecule has 0 saturated carbocycles. The molecule has 0 radical (unpaired) electrons. The van der Waals surface area contributed by atoms with Gasteiger partial charge >= 0.3 is 0 Å². The van der Waals surface area contributed by atoms with Gasteiger partial charge in [0.25, 0.3) is 0 Å². The van der Waals surface area contributed by atoms with E-state index in [0.717, 1.165) is 6.42 Å². The van der Waals surface area contributed by atoms with Crippen molar-refractivity contribution >= 4 is 11.7 Å². The lowest BCUT2D eigenvalue weighted by molar-refractivity contribution is -0.133. The van der Waals surface area contributed by atoms with Crippen LogP contribution in [0.2, 0.25) is 0 Å². The quantitative estimate of drug-likeness (QED) is 0.276. The van der Waals surface area contributed by atoms with E-state index in [1.54, 1.807) is 4.90 Å². The molecule has 0 spiro atoms. The molecule has 0 aromatic heterocycles. The fraction of sp³-hybridized carbons (Fsp3) is 0.818. The number of likely N-dealkylation sites (tertiary alicyclic amines) is 1. The van der Waals surface area contributed by atoms with Crippen molar-refractivity contribution in [2.45, 2.75) is 20.3 Å². The number of aliphatic hydroxyl groups is 1. The van der Waals surface area contributed by atoms with Crippen molar-refractivity contribution in [3.05, 3.63) is 0 Å². The van der Waals surface area contributed by atoms with E-state index in [9.17, 15) is 4.79 Å². The molecule has 1 rings (SSSR count). The van der Waals surface area contributed by atoms with E-state index in [-0.39, 0.29) is 30.2 Å². The van der Waals surface area contributed by atoms with Crippen molar-refractivity contribution in [3.63, 3.8) is 0 Å². The van der Waals surface area contributed by atoms with Crippen molar-refractivity contribution < 1.29 is 15.1 Å². The number of rotatable bonds is 4. The average Bonchev–Trinajstić information content (AvgIpc) is 2.76. The minimum Gasteiger partial charge on any atom is -0.409 e. The largest absolute Gasteiger partial charge is 0.409 e. The van der Waals surface area contributed by atoms with Crippen LogP contribution >= 0.6 is 0 Å². The number of amides is 1. The third-order valence-electron chi connectivity index (χ3n) is 3.22. The second kappa shape index (κ2) is 5.86. The van der Waals surface area contributed by atoms with E-state index >= 15 is 0 Å². The number of aliphatic hydroxyl groups excluding tert-OH is 1. The first-order valence-electron chi connectivity index (χ1n) is 5.88. The van der Waals surface area contributed by atoms with E-state index < -0.39 is 5.92 Å². The molecule has 6 nitrogen and oxygen atoms in total. The molecule has 2 atom stereocenters. The summed E-state index contributed by atoms with van der Waals surface area (Å²) in [4.78, 5) is 13.9. The summed E-state index contributed by atoms with van der Waals surface area (Å²) < 4.78 is 0. The lowest BCUT2D eigenvalue weighted by Gasteiger charge is -2.25. The Morgan fingerprint density at radius 3 is 2.65 bits per heavy atom. The van der Waals surface area contributed by atoms with Crippen LogP contribution in [-0.4, -0.2) is 46.7 Å². The molecule has 1 fully saturated rings. The highest BCUT2D eigenvalue weighted by atomic mass is 16.4. The third-order valence-corrected chi connectivity index (χ3v) is 3.22. The van der Waals surface area contributed by atoms with Gasteiger partial charge in [-0.2, -0.15) is 0 Å². The standard InChI is InChI=1S/C11H21N3O3/c1-7(2)9(10(12)13-17)11(16)14-4-3-8(5-14)6-15/h7-9,15,17H,3-6H2,1-2H3,(H2,12,13). The minimum atomic E-state index is -0.586. The molecular weight excluding hydrogens is 222 g/mol. The topological polar surface area (TPSA) is 99.2 Å². The van der Waals surface area contributed by atoms with Gasteiger partial charge in [0.1, 0.15) is 5.92 Å². The van der Waals surface area contributed by atoms with Gasteiger partial charge in [0.15, 0.2) is 5.84 Å². The normalized spacial score (nSPS) is 23.2. The zero-order chi connectivity index (χ0) is 13.0. The van der Waals surface area contributed by atoms with Gasteiger partial charge < -0.3 is 20.9 Å². The predicted molar refractivity (Wildman–Crippen MR) is 63.5 cm³/mol. The van der Waals surface area contributed by atoms with Crippen LogP contribution in [0.3, 0.4) is 0 Å². The molecular formula is C11H21N3O3. The van der Waals surface area contributed by atoms with Crippen molar-refractivity contribution in [2.24, 2.45) is 28.6 Å². The second-order valence-electron chi connectivity index (χ2n) is 4.87. The van der Waals surface area contributed by atoms with Gasteiger partial charge in [0.05, 0.1) is 0 Å². The number of amidine groups is 1. The number of hydrogen-bond acceptors (Lipinski definition) is 4. The summed E-state index contributed by atoms with van der Waals surface area (Å²) >= 11 is 0. The van der Waals surface area contributed by atoms with Gasteiger partial charge in [-0.25, -0.2) is 0 Å². The summed E-state index contributed by atoms with van der Waals surface area (Å²) in [5.74, 6) is -0.619. The van der Waals surface area contributed by atoms with E-state index in [4.69, 9.17) is 16.0 Å². The Morgan fingerprint density at radius 1 is 1.59 bits per heavy atom. The van der Waals surface area contributed by atoms with Gasteiger partial charge in [-0.15, -0.1) is 0 Å². The maximum atomic E-state index is 12.2. The highest BCUT2D eigenvalue weighted by Gasteiger charge is 2.34. The van der Waals surface area contributed by atoms with Crippen molar-refractivity contribution in [1.29, 1.82) is 0 Å². The summed E-state index contributed by atoms with van der Waals surface area (Å²) in [6.07, 6.45) is 0.809. The predicted octanol–water partition coefficient (Wildman–Crippen LogP) is -0.154. The molecule has 1 aliphatic rings. The van der Waals surface area contributed by atoms with E-state index in [1.807, 2.05) is 13.8 Å². The van der Waals surface area contributed by atoms with E-state index in [2.05, 4.69) is 5.16 Å². The second-order valence-corrected chi connectivity index (χ2v) is 4.87. The Hall–Kier alpha value is -1.30. The fourth-order valence-corrected chi connectivity index (χ4v) is 2.19. The highest BCUT2D eigenvalue weighted by Crippen LogP contribution is 2.21. The highest BCUT2D eigenvalue weighted by molar-refractivity contribution is 6.02. The Bertz CT molecular complexity index is 304. The summed E-state index contributed by atoms with van der Waals surface area (Å²) in [5, 5.41) is 20.7. The Kier molecular flexibility index (Phi) is 4.74. The average molecular weight is 243 g/mol. The van der Waals surface area contributed by atoms with Crippen molar-refractivity contribution in [2.75, 3.05) is 19.7 Å². The minimum absolute atomic E-state index is 0.0217. The molecule has 0 bridgehead atoms. The molecule has 1 aliphatic heterocycles. The summed E-state index contributed by atoms with van der Waals surface area (Å²) in [6.45, 7) is 5.00. The first kappa shape index (κ1) is 13.8. The van der Waals surface area contributed by atoms with Crippen LogP contribution in [0.1, 0.15) is 20.3 Å². The van der Waals surface area contributed by atoms with Crippen LogP contribution in [0.15, 0.2) is 5.16 Å². The Labute approximate surface area is 101 Å². The van der Waals surface area contributed by atoms with Gasteiger partial charge in [-0.05, 0) is 12.3 Å². The summed E-state index contributed by atoms with van der Waals surface area (Å²) in [6, 6.07) is 0. The number of carbonyl (C=O) groups is 1. The van der Waals surface area contributed by atoms with Crippen molar-refractivity contribution in [1.82, 2.24) is 4.90 Å². The molecule has 98 valence electrons. The molecule has 1 amide bonds. The number of oxime groups is 1. The van der Waals surface area contributed by atoms with Gasteiger partial charge in [-0.1, -0.05) is 19.0 Å². The van der Waals surface area contributed by atoms with Crippen molar-refractivity contribution in [3.8, 4) is 0 Å². The van der Waals surface area contributed by atoms with E-state index in [1.165, 1.54) is 0 Å². The van der Waals surface area contributed by atoms with E-state index in [0.29, 0.717) is 13.1 Å². The lowest BCUT2D eigenvalue weighted by atomic mass is 9.93. The van der Waals surface area contributed by atoms with Crippen LogP contribution in [0.4, 0.5) is 0 Å². The van der Waals surface area contributed by atoms with Crippen LogP contribution in [0.25, 0.3) is 0 Å². The molecule has 0 aromatic carbocycles. The molecule has 4 N–H and O–H groups in total. The molecule has 1 saturated heterocycles. The first-order valence-corrected chi connectivity index (χ1v) is 5.88. The number of carbonyl (C=O) groups excluding carboxylic acids is 1. The van der Waals surface area contributed by atoms with Gasteiger partial charge in [0.2, 0.25) is 5.91 Å². The Morgan fingerprint density at radius 2 is 2.24 bits per heavy atom. The molecule has 0 aliphatic carbocycles. The van der Waals surface area contributed by atoms with Crippen LogP contribution in [0, 0.1) is 17.8 Å². The smallest absolute Gasteiger partial charge is 0.233 e. The van der Waals surface area contributed by atoms with Gasteiger partial charge in [0, 0.05) is 25.6 Å². The zero-order valence-corrected chi connectivity index (χ0v) is 10.3. The summed E-state index contributed by atoms with van der Waals surface area (Å²) in [5.41, 5.74) is 5.56. The zero-order valence-electron chi connectivity index (χ0n) is 10.3. The number of hydrogen-bond donors (Lipinski definition) is 3. The SMILES string of the molecule is CC(C)C(C(=O)N1CCC(CO)C1)C(N)=NO. The monoisotopic (exact) mass is 243 g/mol. The van der Waals surface area contributed by atoms with Gasteiger partial charge in [-0.3, -0.25) is 4.79 Å². The third kappa shape index (κ3) is 3.09. The summed E-state index contributed by atoms with van der Waals surface area (Å²) in [7, 11) is 0. The number of nitrogens with two attached hydrogens (primary N) is 1. The molecule has 1 heterocycles. The molecule has 6 heteroatoms. The fourth-order valence-electron chi connectivity index (χ4n) is 2.19. The van der Waals surface area contributed by atoms with Crippen LogP contribution in [-0.2, 0) is 4.79 Å².